The predicted octanol–water partition coefficient (Wildman–Crippen LogP) is 7.73. The molecule has 0 atom stereocenters. The zero-order chi connectivity index (χ0) is 29.0. The van der Waals surface area contributed by atoms with Crippen molar-refractivity contribution in [2.45, 2.75) is 97.7 Å². The summed E-state index contributed by atoms with van der Waals surface area (Å²) in [7, 11) is 0. The van der Waals surface area contributed by atoms with Gasteiger partial charge in [0.15, 0.2) is 0 Å². The Kier molecular flexibility index (Phi) is 11.7. The lowest BCUT2D eigenvalue weighted by molar-refractivity contribution is -0.135. The summed E-state index contributed by atoms with van der Waals surface area (Å²) in [6.07, 6.45) is 11.9. The SMILES string of the molecule is CCCCc1ccc(C(=O)N(CCC(C)C)CC(=O)N(Cc2cccn2Cc2ccccc2)C2CCCCC2)cc1. The molecule has 1 aliphatic carbocycles. The highest BCUT2D eigenvalue weighted by atomic mass is 16.2. The quantitative estimate of drug-likeness (QED) is 0.204. The lowest BCUT2D eigenvalue weighted by atomic mass is 9.94. The topological polar surface area (TPSA) is 45.6 Å². The average Bonchev–Trinajstić information content (AvgIpc) is 3.43. The number of hydrogen-bond donors (Lipinski definition) is 0. The molecule has 5 nitrogen and oxygen atoms in total. The Hall–Kier alpha value is -3.34. The third-order valence-electron chi connectivity index (χ3n) is 8.40. The summed E-state index contributed by atoms with van der Waals surface area (Å²) < 4.78 is 2.25. The fraction of sp³-hybridized carbons (Fsp3) is 0.500. The molecule has 1 heterocycles. The van der Waals surface area contributed by atoms with Gasteiger partial charge in [0.1, 0.15) is 6.54 Å². The predicted molar refractivity (Wildman–Crippen MR) is 168 cm³/mol. The van der Waals surface area contributed by atoms with Crippen LogP contribution < -0.4 is 0 Å². The lowest BCUT2D eigenvalue weighted by Gasteiger charge is -2.36. The van der Waals surface area contributed by atoms with Crippen molar-refractivity contribution in [2.24, 2.45) is 5.92 Å². The Labute approximate surface area is 247 Å². The minimum Gasteiger partial charge on any atom is -0.345 e. The maximum absolute atomic E-state index is 14.1. The fourth-order valence-corrected chi connectivity index (χ4v) is 5.81. The summed E-state index contributed by atoms with van der Waals surface area (Å²) in [5, 5.41) is 0. The normalized spacial score (nSPS) is 13.9. The van der Waals surface area contributed by atoms with Crippen LogP contribution in [0.25, 0.3) is 0 Å². The van der Waals surface area contributed by atoms with Crippen LogP contribution in [0.2, 0.25) is 0 Å². The smallest absolute Gasteiger partial charge is 0.254 e. The van der Waals surface area contributed by atoms with Crippen molar-refractivity contribution in [3.8, 4) is 0 Å². The molecule has 1 saturated carbocycles. The highest BCUT2D eigenvalue weighted by molar-refractivity contribution is 5.96. The van der Waals surface area contributed by atoms with E-state index >= 15 is 0 Å². The largest absolute Gasteiger partial charge is 0.345 e. The second-order valence-electron chi connectivity index (χ2n) is 12.1. The van der Waals surface area contributed by atoms with Crippen molar-refractivity contribution in [3.05, 3.63) is 95.3 Å². The number of carbonyl (C=O) groups excluding carboxylic acids is 2. The summed E-state index contributed by atoms with van der Waals surface area (Å²) >= 11 is 0. The summed E-state index contributed by atoms with van der Waals surface area (Å²) in [6.45, 7) is 8.59. The van der Waals surface area contributed by atoms with Crippen LogP contribution in [0.5, 0.6) is 0 Å². The van der Waals surface area contributed by atoms with Gasteiger partial charge in [-0.1, -0.05) is 88.9 Å². The van der Waals surface area contributed by atoms with Gasteiger partial charge in [-0.2, -0.15) is 0 Å². The number of hydrogen-bond acceptors (Lipinski definition) is 2. The molecular formula is C36H49N3O2. The first-order valence-corrected chi connectivity index (χ1v) is 15.8. The molecule has 0 radical (unpaired) electrons. The molecular weight excluding hydrogens is 506 g/mol. The maximum Gasteiger partial charge on any atom is 0.254 e. The van der Waals surface area contributed by atoms with E-state index in [0.717, 1.165) is 63.6 Å². The van der Waals surface area contributed by atoms with Crippen LogP contribution >= 0.6 is 0 Å². The van der Waals surface area contributed by atoms with Gasteiger partial charge >= 0.3 is 0 Å². The van der Waals surface area contributed by atoms with Crippen LogP contribution in [0.15, 0.2) is 72.9 Å². The molecule has 5 heteroatoms. The number of unbranched alkanes of at least 4 members (excludes halogenated alkanes) is 1. The first-order chi connectivity index (χ1) is 19.9. The van der Waals surface area contributed by atoms with E-state index in [1.807, 2.05) is 18.2 Å². The van der Waals surface area contributed by atoms with E-state index in [9.17, 15) is 9.59 Å². The fourth-order valence-electron chi connectivity index (χ4n) is 5.81. The van der Waals surface area contributed by atoms with Crippen molar-refractivity contribution >= 4 is 11.8 Å². The molecule has 220 valence electrons. The van der Waals surface area contributed by atoms with E-state index in [1.54, 1.807) is 4.90 Å². The Bertz CT molecular complexity index is 1210. The van der Waals surface area contributed by atoms with Gasteiger partial charge in [0.25, 0.3) is 5.91 Å². The molecule has 4 rings (SSSR count). The Morgan fingerprint density at radius 1 is 0.902 bits per heavy atom. The first kappa shape index (κ1) is 30.6. The molecule has 0 spiro atoms. The van der Waals surface area contributed by atoms with Gasteiger partial charge in [-0.15, -0.1) is 0 Å². The Morgan fingerprint density at radius 3 is 2.32 bits per heavy atom. The van der Waals surface area contributed by atoms with E-state index in [4.69, 9.17) is 0 Å². The number of aryl methyl sites for hydroxylation is 1. The second-order valence-corrected chi connectivity index (χ2v) is 12.1. The molecule has 41 heavy (non-hydrogen) atoms. The van der Waals surface area contributed by atoms with E-state index in [-0.39, 0.29) is 24.4 Å². The average molecular weight is 556 g/mol. The maximum atomic E-state index is 14.1. The van der Waals surface area contributed by atoms with Gasteiger partial charge < -0.3 is 14.4 Å². The van der Waals surface area contributed by atoms with Crippen molar-refractivity contribution in [1.29, 1.82) is 0 Å². The van der Waals surface area contributed by atoms with Gasteiger partial charge in [-0.25, -0.2) is 0 Å². The number of carbonyl (C=O) groups is 2. The minimum atomic E-state index is -0.0444. The van der Waals surface area contributed by atoms with Crippen LogP contribution in [0.4, 0.5) is 0 Å². The molecule has 1 fully saturated rings. The van der Waals surface area contributed by atoms with Crippen molar-refractivity contribution < 1.29 is 9.59 Å². The van der Waals surface area contributed by atoms with Crippen LogP contribution in [0.3, 0.4) is 0 Å². The van der Waals surface area contributed by atoms with Gasteiger partial charge in [0.2, 0.25) is 5.91 Å². The summed E-state index contributed by atoms with van der Waals surface area (Å²) in [4.78, 5) is 31.7. The lowest BCUT2D eigenvalue weighted by Crippen LogP contribution is -2.48. The first-order valence-electron chi connectivity index (χ1n) is 15.8. The number of nitrogens with zero attached hydrogens (tertiary/aromatic N) is 3. The standard InChI is InChI=1S/C36H49N3O2/c1-4-5-13-30-19-21-32(22-20-30)36(41)38(25-23-29(2)3)28-35(40)39(33-16-10-7-11-17-33)27-34-18-12-24-37(34)26-31-14-8-6-9-15-31/h6,8-9,12,14-15,18-22,24,29,33H,4-5,7,10-11,13,16-17,23,25-28H2,1-3H3. The zero-order valence-corrected chi connectivity index (χ0v) is 25.4. The molecule has 2 amide bonds. The highest BCUT2D eigenvalue weighted by Gasteiger charge is 2.29. The van der Waals surface area contributed by atoms with E-state index in [0.29, 0.717) is 24.6 Å². The third-order valence-corrected chi connectivity index (χ3v) is 8.40. The highest BCUT2D eigenvalue weighted by Crippen LogP contribution is 2.25. The second kappa shape index (κ2) is 15.6. The van der Waals surface area contributed by atoms with Gasteiger partial charge in [-0.05, 0) is 73.4 Å². The molecule has 0 saturated heterocycles. The summed E-state index contributed by atoms with van der Waals surface area (Å²) in [5.41, 5.74) is 4.31. The monoisotopic (exact) mass is 555 g/mol. The van der Waals surface area contributed by atoms with E-state index < -0.39 is 0 Å². The van der Waals surface area contributed by atoms with Gasteiger partial charge in [-0.3, -0.25) is 9.59 Å². The molecule has 1 aliphatic rings. The third kappa shape index (κ3) is 9.08. The Morgan fingerprint density at radius 2 is 1.63 bits per heavy atom. The van der Waals surface area contributed by atoms with E-state index in [2.05, 4.69) is 85.0 Å². The van der Waals surface area contributed by atoms with Crippen LogP contribution in [-0.2, 0) is 24.3 Å². The molecule has 0 unspecified atom stereocenters. The minimum absolute atomic E-state index is 0.0444. The summed E-state index contributed by atoms with van der Waals surface area (Å²) in [6, 6.07) is 22.9. The van der Waals surface area contributed by atoms with E-state index in [1.165, 1.54) is 17.5 Å². The zero-order valence-electron chi connectivity index (χ0n) is 25.4. The molecule has 3 aromatic rings. The molecule has 2 aromatic carbocycles. The van der Waals surface area contributed by atoms with Crippen LogP contribution in [0, 0.1) is 5.92 Å². The molecule has 0 bridgehead atoms. The Balaban J connectivity index is 1.53. The number of rotatable bonds is 14. The van der Waals surface area contributed by atoms with Gasteiger partial charge in [0, 0.05) is 36.6 Å². The number of aromatic nitrogens is 1. The number of amides is 2. The van der Waals surface area contributed by atoms with Crippen LogP contribution in [-0.4, -0.2) is 45.3 Å². The summed E-state index contributed by atoms with van der Waals surface area (Å²) in [5.74, 6) is 0.464. The van der Waals surface area contributed by atoms with Crippen molar-refractivity contribution in [3.63, 3.8) is 0 Å². The van der Waals surface area contributed by atoms with Crippen molar-refractivity contribution in [1.82, 2.24) is 14.4 Å². The molecule has 1 aromatic heterocycles. The number of benzene rings is 2. The molecule has 0 aliphatic heterocycles. The molecule has 0 N–H and O–H groups in total. The van der Waals surface area contributed by atoms with Crippen LogP contribution in [0.1, 0.15) is 99.3 Å². The van der Waals surface area contributed by atoms with Gasteiger partial charge in [0.05, 0.1) is 6.54 Å². The van der Waals surface area contributed by atoms with Crippen molar-refractivity contribution in [2.75, 3.05) is 13.1 Å².